The van der Waals surface area contributed by atoms with Crippen molar-refractivity contribution in [1.29, 1.82) is 0 Å². The summed E-state index contributed by atoms with van der Waals surface area (Å²) in [6.45, 7) is 34.7. The van der Waals surface area contributed by atoms with Gasteiger partial charge in [0.2, 0.25) is 5.72 Å². The van der Waals surface area contributed by atoms with Gasteiger partial charge in [0.1, 0.15) is 12.2 Å². The van der Waals surface area contributed by atoms with Crippen LogP contribution in [0.3, 0.4) is 0 Å². The van der Waals surface area contributed by atoms with Gasteiger partial charge in [-0.25, -0.2) is 0 Å². The lowest BCUT2D eigenvalue weighted by atomic mass is 10.0. The van der Waals surface area contributed by atoms with E-state index in [-0.39, 0.29) is 33.4 Å². The van der Waals surface area contributed by atoms with Crippen LogP contribution in [0, 0.1) is 0 Å². The van der Waals surface area contributed by atoms with Crippen molar-refractivity contribution in [3.8, 4) is 0 Å². The maximum Gasteiger partial charge on any atom is 0.259 e. The molecule has 0 spiro atoms. The van der Waals surface area contributed by atoms with Crippen LogP contribution in [0.25, 0.3) is 0 Å². The van der Waals surface area contributed by atoms with Gasteiger partial charge in [-0.05, 0) is 66.6 Å². The molecule has 0 aromatic carbocycles. The summed E-state index contributed by atoms with van der Waals surface area (Å²) in [7, 11) is -6.14. The van der Waals surface area contributed by atoms with Crippen molar-refractivity contribution >= 4 is 42.3 Å². The monoisotopic (exact) mass is 563 g/mol. The number of ether oxygens (including phenoxy) is 2. The Morgan fingerprint density at radius 3 is 1.71 bits per heavy atom. The number of hydrogen-bond donors (Lipinski definition) is 1. The van der Waals surface area contributed by atoms with Crippen LogP contribution in [0.5, 0.6) is 0 Å². The SMILES string of the molecule is CC(C)(C)[Si](C)(C)OC[C@H]1O[C@@]2(CO[Si](C)(C)C(C)(C)C)NC(=S)O[C@H]2[C@@H]1O[Si](C)(C)C(C)(C)C. The first-order valence-electron chi connectivity index (χ1n) is 13.0. The minimum atomic E-state index is -2.14. The highest BCUT2D eigenvalue weighted by atomic mass is 32.1. The number of rotatable bonds is 8. The third kappa shape index (κ3) is 6.61. The molecule has 206 valence electrons. The van der Waals surface area contributed by atoms with Gasteiger partial charge >= 0.3 is 0 Å². The molecule has 6 nitrogen and oxygen atoms in total. The van der Waals surface area contributed by atoms with Crippen LogP contribution < -0.4 is 5.32 Å². The van der Waals surface area contributed by atoms with Gasteiger partial charge < -0.3 is 28.1 Å². The third-order valence-electron chi connectivity index (χ3n) is 9.14. The molecule has 0 aromatic heterocycles. The molecule has 2 saturated heterocycles. The fourth-order valence-corrected chi connectivity index (χ4v) is 7.00. The molecular formula is C25H53NO5SSi3. The molecule has 2 aliphatic rings. The molecule has 0 aromatic rings. The molecule has 0 saturated carbocycles. The Balaban J connectivity index is 2.40. The van der Waals surface area contributed by atoms with Gasteiger partial charge in [0, 0.05) is 0 Å². The lowest BCUT2D eigenvalue weighted by Crippen LogP contribution is -2.56. The minimum absolute atomic E-state index is 0.0489. The average molecular weight is 564 g/mol. The van der Waals surface area contributed by atoms with E-state index in [4.69, 9.17) is 35.0 Å². The highest BCUT2D eigenvalue weighted by molar-refractivity contribution is 7.80. The summed E-state index contributed by atoms with van der Waals surface area (Å²) in [5, 5.41) is 3.93. The Bertz CT molecular complexity index is 785. The van der Waals surface area contributed by atoms with E-state index in [1.807, 2.05) is 0 Å². The Morgan fingerprint density at radius 1 is 0.800 bits per heavy atom. The van der Waals surface area contributed by atoms with Crippen LogP contribution in [0.2, 0.25) is 54.4 Å². The molecule has 2 fully saturated rings. The second-order valence-corrected chi connectivity index (χ2v) is 29.7. The van der Waals surface area contributed by atoms with Crippen molar-refractivity contribution in [1.82, 2.24) is 5.32 Å². The van der Waals surface area contributed by atoms with Gasteiger partial charge in [0.15, 0.2) is 31.1 Å². The predicted molar refractivity (Wildman–Crippen MR) is 157 cm³/mol. The highest BCUT2D eigenvalue weighted by Gasteiger charge is 2.64. The van der Waals surface area contributed by atoms with Crippen molar-refractivity contribution in [2.75, 3.05) is 13.2 Å². The fourth-order valence-electron chi connectivity index (χ4n) is 3.39. The summed E-state index contributed by atoms with van der Waals surface area (Å²) >= 11 is 5.48. The summed E-state index contributed by atoms with van der Waals surface area (Å²) in [6, 6.07) is 0. The van der Waals surface area contributed by atoms with Crippen LogP contribution >= 0.6 is 12.2 Å². The van der Waals surface area contributed by atoms with Crippen molar-refractivity contribution in [3.63, 3.8) is 0 Å². The lowest BCUT2D eigenvalue weighted by Gasteiger charge is -2.41. The summed E-state index contributed by atoms with van der Waals surface area (Å²) in [6.07, 6.45) is -0.958. The molecule has 0 radical (unpaired) electrons. The normalized spacial score (nSPS) is 28.7. The molecule has 2 heterocycles. The topological polar surface area (TPSA) is 58.2 Å². The van der Waals surface area contributed by atoms with Crippen LogP contribution in [0.15, 0.2) is 0 Å². The van der Waals surface area contributed by atoms with Gasteiger partial charge in [0.05, 0.1) is 13.2 Å². The summed E-state index contributed by atoms with van der Waals surface area (Å²) < 4.78 is 33.3. The molecule has 4 atom stereocenters. The van der Waals surface area contributed by atoms with E-state index in [0.29, 0.717) is 18.4 Å². The molecule has 0 bridgehead atoms. The second kappa shape index (κ2) is 9.73. The molecule has 1 N–H and O–H groups in total. The van der Waals surface area contributed by atoms with Crippen LogP contribution in [-0.4, -0.2) is 67.4 Å². The fraction of sp³-hybridized carbons (Fsp3) is 0.960. The molecular weight excluding hydrogens is 511 g/mol. The quantitative estimate of drug-likeness (QED) is 0.258. The van der Waals surface area contributed by atoms with Crippen LogP contribution in [0.1, 0.15) is 62.3 Å². The first-order valence-corrected chi connectivity index (χ1v) is 22.1. The van der Waals surface area contributed by atoms with E-state index in [9.17, 15) is 0 Å². The lowest BCUT2D eigenvalue weighted by molar-refractivity contribution is -0.102. The van der Waals surface area contributed by atoms with Gasteiger partial charge in [-0.3, -0.25) is 0 Å². The Morgan fingerprint density at radius 2 is 1.26 bits per heavy atom. The zero-order chi connectivity index (χ0) is 27.5. The standard InChI is InChI=1S/C25H53NO5SSi3/c1-22(2,3)33(10,11)27-16-18-19(31-35(14,15)24(7,8)9)20-25(30-18,26-21(32)29-20)17-28-34(12,13)23(4,5)6/h18-20H,16-17H2,1-15H3,(H,26,32)/t18-,19-,20+,25-/m1/s1. The molecule has 0 amide bonds. The van der Waals surface area contributed by atoms with Crippen molar-refractivity contribution in [3.05, 3.63) is 0 Å². The maximum atomic E-state index is 6.99. The zero-order valence-electron chi connectivity index (χ0n) is 25.1. The first kappa shape index (κ1) is 31.4. The van der Waals surface area contributed by atoms with E-state index < -0.39 is 30.7 Å². The van der Waals surface area contributed by atoms with E-state index >= 15 is 0 Å². The Kier molecular flexibility index (Phi) is 8.73. The van der Waals surface area contributed by atoms with E-state index in [2.05, 4.69) is 107 Å². The molecule has 35 heavy (non-hydrogen) atoms. The summed E-state index contributed by atoms with van der Waals surface area (Å²) in [5.41, 5.74) is -0.874. The number of thiocarbonyl (C=S) groups is 1. The zero-order valence-corrected chi connectivity index (χ0v) is 28.9. The van der Waals surface area contributed by atoms with Gasteiger partial charge in [-0.15, -0.1) is 0 Å². The second-order valence-electron chi connectivity index (χ2n) is 15.0. The number of nitrogens with one attached hydrogen (secondary N) is 1. The van der Waals surface area contributed by atoms with Crippen molar-refractivity contribution in [2.45, 2.75) is 141 Å². The highest BCUT2D eigenvalue weighted by Crippen LogP contribution is 2.46. The van der Waals surface area contributed by atoms with E-state index in [1.165, 1.54) is 0 Å². The number of fused-ring (bicyclic) bond motifs is 1. The Hall–Kier alpha value is 0.181. The smallest absolute Gasteiger partial charge is 0.259 e. The van der Waals surface area contributed by atoms with Gasteiger partial charge in [0.25, 0.3) is 5.17 Å². The van der Waals surface area contributed by atoms with E-state index in [1.54, 1.807) is 0 Å². The summed E-state index contributed by atoms with van der Waals surface area (Å²) in [5.74, 6) is 0. The summed E-state index contributed by atoms with van der Waals surface area (Å²) in [4.78, 5) is 0. The average Bonchev–Trinajstić information content (AvgIpc) is 3.08. The number of hydrogen-bond acceptors (Lipinski definition) is 6. The molecule has 2 aliphatic heterocycles. The largest absolute Gasteiger partial charge is 0.460 e. The van der Waals surface area contributed by atoms with Gasteiger partial charge in [-0.1, -0.05) is 62.3 Å². The third-order valence-corrected chi connectivity index (χ3v) is 22.8. The maximum absolute atomic E-state index is 6.99. The van der Waals surface area contributed by atoms with Crippen LogP contribution in [0.4, 0.5) is 0 Å². The molecule has 2 rings (SSSR count). The minimum Gasteiger partial charge on any atom is -0.460 e. The molecule has 0 unspecified atom stereocenters. The van der Waals surface area contributed by atoms with Gasteiger partial charge in [-0.2, -0.15) is 0 Å². The molecule has 0 aliphatic carbocycles. The molecule has 10 heteroatoms. The van der Waals surface area contributed by atoms with Crippen molar-refractivity contribution in [2.24, 2.45) is 0 Å². The first-order chi connectivity index (χ1) is 15.4. The van der Waals surface area contributed by atoms with E-state index in [0.717, 1.165) is 0 Å². The van der Waals surface area contributed by atoms with Crippen molar-refractivity contribution < 1.29 is 22.8 Å². The Labute approximate surface area is 223 Å². The van der Waals surface area contributed by atoms with Crippen LogP contribution in [-0.2, 0) is 22.8 Å². The predicted octanol–water partition coefficient (Wildman–Crippen LogP) is 6.79.